The molecule has 28 heavy (non-hydrogen) atoms. The number of aryl methyl sites for hydroxylation is 2. The van der Waals surface area contributed by atoms with Gasteiger partial charge < -0.3 is 14.1 Å². The smallest absolute Gasteiger partial charge is 0.310 e. The number of likely N-dealkylation sites (N-methyl/N-ethyl adjacent to an activating group) is 1. The molecule has 0 unspecified atom stereocenters. The van der Waals surface area contributed by atoms with Crippen molar-refractivity contribution in [2.75, 3.05) is 13.7 Å². The van der Waals surface area contributed by atoms with Gasteiger partial charge in [0.1, 0.15) is 11.1 Å². The van der Waals surface area contributed by atoms with Gasteiger partial charge in [-0.3, -0.25) is 9.59 Å². The number of nitriles is 1. The van der Waals surface area contributed by atoms with E-state index in [4.69, 9.17) is 9.15 Å². The second-order valence-electron chi connectivity index (χ2n) is 7.64. The van der Waals surface area contributed by atoms with Gasteiger partial charge in [0.25, 0.3) is 5.91 Å². The van der Waals surface area contributed by atoms with Gasteiger partial charge in [-0.25, -0.2) is 0 Å². The first-order chi connectivity index (χ1) is 13.4. The molecule has 1 aromatic carbocycles. The van der Waals surface area contributed by atoms with E-state index in [1.54, 1.807) is 13.3 Å². The molecule has 0 saturated heterocycles. The fourth-order valence-electron chi connectivity index (χ4n) is 3.87. The molecule has 148 valence electrons. The van der Waals surface area contributed by atoms with Crippen LogP contribution in [0.25, 0.3) is 11.0 Å². The van der Waals surface area contributed by atoms with E-state index in [2.05, 4.69) is 6.07 Å². The Morgan fingerprint density at radius 3 is 2.64 bits per heavy atom. The zero-order valence-electron chi connectivity index (χ0n) is 16.7. The Kier molecular flexibility index (Phi) is 5.73. The molecule has 0 bridgehead atoms. The highest BCUT2D eigenvalue weighted by Gasteiger charge is 2.39. The highest BCUT2D eigenvalue weighted by Crippen LogP contribution is 2.32. The van der Waals surface area contributed by atoms with Crippen LogP contribution in [0.3, 0.4) is 0 Å². The summed E-state index contributed by atoms with van der Waals surface area (Å²) in [5.41, 5.74) is 2.90. The van der Waals surface area contributed by atoms with Crippen LogP contribution in [0, 0.1) is 25.2 Å². The van der Waals surface area contributed by atoms with Crippen molar-refractivity contribution >= 4 is 22.8 Å². The van der Waals surface area contributed by atoms with E-state index in [0.717, 1.165) is 46.9 Å². The van der Waals surface area contributed by atoms with Crippen LogP contribution in [0.5, 0.6) is 0 Å². The van der Waals surface area contributed by atoms with Crippen LogP contribution in [0.2, 0.25) is 0 Å². The van der Waals surface area contributed by atoms with E-state index >= 15 is 0 Å². The fraction of sp³-hybridized carbons (Fsp3) is 0.500. The number of nitrogens with zero attached hydrogens (tertiary/aromatic N) is 2. The SMILES string of the molecule is Cc1ccc2c(CC(=O)OCC(=O)N(C)C3(C#N)CCCCC3)coc2c1C. The lowest BCUT2D eigenvalue weighted by Gasteiger charge is -2.38. The number of furan rings is 1. The van der Waals surface area contributed by atoms with Crippen LogP contribution in [-0.4, -0.2) is 36.0 Å². The van der Waals surface area contributed by atoms with Gasteiger partial charge in [-0.15, -0.1) is 0 Å². The molecule has 0 spiro atoms. The Morgan fingerprint density at radius 2 is 1.96 bits per heavy atom. The summed E-state index contributed by atoms with van der Waals surface area (Å²) in [6, 6.07) is 6.23. The third-order valence-electron chi connectivity index (χ3n) is 5.94. The summed E-state index contributed by atoms with van der Waals surface area (Å²) in [7, 11) is 1.62. The second kappa shape index (κ2) is 8.05. The van der Waals surface area contributed by atoms with Crippen molar-refractivity contribution in [3.05, 3.63) is 35.1 Å². The maximum absolute atomic E-state index is 12.5. The van der Waals surface area contributed by atoms with Crippen molar-refractivity contribution < 1.29 is 18.7 Å². The summed E-state index contributed by atoms with van der Waals surface area (Å²) in [6.45, 7) is 3.63. The van der Waals surface area contributed by atoms with Crippen molar-refractivity contribution in [3.8, 4) is 6.07 Å². The topological polar surface area (TPSA) is 83.5 Å². The largest absolute Gasteiger partial charge is 0.464 e. The molecule has 1 amide bonds. The summed E-state index contributed by atoms with van der Waals surface area (Å²) in [5, 5.41) is 10.5. The molecule has 0 atom stereocenters. The first-order valence-electron chi connectivity index (χ1n) is 9.68. The molecule has 1 heterocycles. The molecule has 1 aliphatic rings. The lowest BCUT2D eigenvalue weighted by Crippen LogP contribution is -2.51. The summed E-state index contributed by atoms with van der Waals surface area (Å²) in [6.07, 6.45) is 5.88. The first-order valence-corrected chi connectivity index (χ1v) is 9.68. The minimum atomic E-state index is -0.780. The van der Waals surface area contributed by atoms with Gasteiger partial charge in [0.15, 0.2) is 6.61 Å². The van der Waals surface area contributed by atoms with Crippen LogP contribution < -0.4 is 0 Å². The van der Waals surface area contributed by atoms with Gasteiger partial charge >= 0.3 is 5.97 Å². The Hall–Kier alpha value is -2.81. The lowest BCUT2D eigenvalue weighted by molar-refractivity contribution is -0.153. The molecule has 1 aromatic heterocycles. The molecule has 0 aliphatic heterocycles. The van der Waals surface area contributed by atoms with Gasteiger partial charge in [0, 0.05) is 18.0 Å². The Balaban J connectivity index is 1.61. The average Bonchev–Trinajstić information content (AvgIpc) is 3.12. The number of esters is 1. The molecule has 2 aromatic rings. The van der Waals surface area contributed by atoms with E-state index in [-0.39, 0.29) is 18.9 Å². The lowest BCUT2D eigenvalue weighted by atomic mass is 9.81. The zero-order chi connectivity index (χ0) is 20.3. The normalized spacial score (nSPS) is 15.8. The van der Waals surface area contributed by atoms with Crippen molar-refractivity contribution in [2.45, 2.75) is 57.9 Å². The monoisotopic (exact) mass is 382 g/mol. The maximum Gasteiger partial charge on any atom is 0.310 e. The van der Waals surface area contributed by atoms with Gasteiger partial charge in [-0.1, -0.05) is 31.4 Å². The number of carbonyl (C=O) groups is 2. The first kappa shape index (κ1) is 19.9. The molecule has 0 N–H and O–H groups in total. The van der Waals surface area contributed by atoms with Crippen LogP contribution in [0.1, 0.15) is 48.8 Å². The Bertz CT molecular complexity index is 932. The number of hydrogen-bond donors (Lipinski definition) is 0. The number of amides is 1. The van der Waals surface area contributed by atoms with Gasteiger partial charge in [0.05, 0.1) is 18.8 Å². The molecule has 6 heteroatoms. The third kappa shape index (κ3) is 3.75. The van der Waals surface area contributed by atoms with E-state index in [1.165, 1.54) is 4.90 Å². The molecule has 1 fully saturated rings. The third-order valence-corrected chi connectivity index (χ3v) is 5.94. The predicted octanol–water partition coefficient (Wildman–Crippen LogP) is 3.82. The van der Waals surface area contributed by atoms with Gasteiger partial charge in [-0.05, 0) is 37.8 Å². The molecular weight excluding hydrogens is 356 g/mol. The highest BCUT2D eigenvalue weighted by atomic mass is 16.5. The van der Waals surface area contributed by atoms with Crippen LogP contribution in [0.4, 0.5) is 0 Å². The molecular formula is C22H26N2O4. The van der Waals surface area contributed by atoms with Crippen molar-refractivity contribution in [1.29, 1.82) is 5.26 Å². The van der Waals surface area contributed by atoms with Crippen LogP contribution in [0.15, 0.2) is 22.8 Å². The van der Waals surface area contributed by atoms with Gasteiger partial charge in [0.2, 0.25) is 0 Å². The zero-order valence-corrected chi connectivity index (χ0v) is 16.7. The highest BCUT2D eigenvalue weighted by molar-refractivity contribution is 5.89. The fourth-order valence-corrected chi connectivity index (χ4v) is 3.87. The molecule has 0 radical (unpaired) electrons. The quantitative estimate of drug-likeness (QED) is 0.734. The molecule has 6 nitrogen and oxygen atoms in total. The van der Waals surface area contributed by atoms with Crippen molar-refractivity contribution in [1.82, 2.24) is 4.90 Å². The summed E-state index contributed by atoms with van der Waals surface area (Å²) in [5.74, 6) is -0.836. The number of hydrogen-bond acceptors (Lipinski definition) is 5. The summed E-state index contributed by atoms with van der Waals surface area (Å²) < 4.78 is 10.8. The molecule has 3 rings (SSSR count). The van der Waals surface area contributed by atoms with Crippen LogP contribution in [-0.2, 0) is 20.7 Å². The van der Waals surface area contributed by atoms with E-state index in [0.29, 0.717) is 12.8 Å². The van der Waals surface area contributed by atoms with Crippen molar-refractivity contribution in [2.24, 2.45) is 0 Å². The van der Waals surface area contributed by atoms with E-state index in [1.807, 2.05) is 26.0 Å². The molecule has 1 saturated carbocycles. The number of carbonyl (C=O) groups excluding carboxylic acids is 2. The minimum absolute atomic E-state index is 0.0376. The number of benzene rings is 1. The summed E-state index contributed by atoms with van der Waals surface area (Å²) >= 11 is 0. The number of ether oxygens (including phenoxy) is 1. The number of rotatable bonds is 5. The van der Waals surface area contributed by atoms with Crippen molar-refractivity contribution in [3.63, 3.8) is 0 Å². The Labute approximate surface area is 165 Å². The Morgan fingerprint density at radius 1 is 1.25 bits per heavy atom. The number of fused-ring (bicyclic) bond motifs is 1. The van der Waals surface area contributed by atoms with Gasteiger partial charge in [-0.2, -0.15) is 5.26 Å². The predicted molar refractivity (Wildman–Crippen MR) is 105 cm³/mol. The summed E-state index contributed by atoms with van der Waals surface area (Å²) in [4.78, 5) is 26.2. The maximum atomic E-state index is 12.5. The van der Waals surface area contributed by atoms with E-state index < -0.39 is 11.5 Å². The molecule has 1 aliphatic carbocycles. The second-order valence-corrected chi connectivity index (χ2v) is 7.64. The minimum Gasteiger partial charge on any atom is -0.464 e. The standard InChI is InChI=1S/C22H26N2O4/c1-15-7-8-18-17(12-28-21(18)16(15)2)11-20(26)27-13-19(25)24(3)22(14-23)9-5-4-6-10-22/h7-8,12H,4-6,9-11,13H2,1-3H3. The van der Waals surface area contributed by atoms with E-state index in [9.17, 15) is 14.9 Å². The average molecular weight is 382 g/mol. The van der Waals surface area contributed by atoms with Crippen LogP contribution >= 0.6 is 0 Å².